The van der Waals surface area contributed by atoms with Gasteiger partial charge in [0.05, 0.1) is 17.1 Å². The van der Waals surface area contributed by atoms with Crippen LogP contribution in [0.1, 0.15) is 11.4 Å². The number of nitrogens with zero attached hydrogens (tertiary/aromatic N) is 6. The van der Waals surface area contributed by atoms with Crippen molar-refractivity contribution in [1.29, 1.82) is 0 Å². The van der Waals surface area contributed by atoms with Crippen LogP contribution in [0.3, 0.4) is 0 Å². The van der Waals surface area contributed by atoms with Gasteiger partial charge in [-0.1, -0.05) is 33.6 Å². The highest BCUT2D eigenvalue weighted by atomic mass is 79.9. The molecule has 0 bridgehead atoms. The number of benzene rings is 2. The molecule has 29 heavy (non-hydrogen) atoms. The van der Waals surface area contributed by atoms with E-state index < -0.39 is 10.0 Å². The molecule has 152 valence electrons. The van der Waals surface area contributed by atoms with E-state index in [1.807, 2.05) is 31.2 Å². The first-order chi connectivity index (χ1) is 13.9. The Hall–Kier alpha value is -2.14. The normalized spacial score (nSPS) is 16.2. The van der Waals surface area contributed by atoms with Crippen LogP contribution in [0.15, 0.2) is 57.9 Å². The maximum atomic E-state index is 12.8. The third-order valence-corrected chi connectivity index (χ3v) is 7.40. The number of hydrogen-bond acceptors (Lipinski definition) is 6. The number of piperazine rings is 1. The van der Waals surface area contributed by atoms with E-state index in [1.165, 1.54) is 9.87 Å². The number of tetrazole rings is 1. The van der Waals surface area contributed by atoms with Gasteiger partial charge in [0.25, 0.3) is 0 Å². The molecule has 1 fully saturated rings. The molecule has 3 aromatic rings. The predicted octanol–water partition coefficient (Wildman–Crippen LogP) is 2.24. The van der Waals surface area contributed by atoms with Crippen LogP contribution in [0.5, 0.6) is 0 Å². The van der Waals surface area contributed by atoms with Gasteiger partial charge < -0.3 is 0 Å². The molecule has 0 saturated carbocycles. The highest BCUT2D eigenvalue weighted by Gasteiger charge is 2.29. The summed E-state index contributed by atoms with van der Waals surface area (Å²) in [6, 6.07) is 14.8. The standard InChI is InChI=1S/C19H21BrN6O2S/c1-15-2-6-17(7-3-15)26-19(21-22-23-26)14-24-10-12-25(13-11-24)29(27,28)18-8-4-16(20)5-9-18/h2-9H,10-14H2,1H3. The van der Waals surface area contributed by atoms with Crippen molar-refractivity contribution < 1.29 is 8.42 Å². The molecule has 10 heteroatoms. The molecule has 2 heterocycles. The van der Waals surface area contributed by atoms with Gasteiger partial charge in [-0.2, -0.15) is 8.99 Å². The van der Waals surface area contributed by atoms with Crippen LogP contribution < -0.4 is 0 Å². The second-order valence-electron chi connectivity index (χ2n) is 6.98. The monoisotopic (exact) mass is 476 g/mol. The van der Waals surface area contributed by atoms with Crippen molar-refractivity contribution in [2.75, 3.05) is 26.2 Å². The molecule has 2 aromatic carbocycles. The maximum Gasteiger partial charge on any atom is 0.243 e. The average molecular weight is 477 g/mol. The lowest BCUT2D eigenvalue weighted by molar-refractivity contribution is 0.177. The fraction of sp³-hybridized carbons (Fsp3) is 0.316. The smallest absolute Gasteiger partial charge is 0.243 e. The molecule has 0 spiro atoms. The molecule has 0 atom stereocenters. The van der Waals surface area contributed by atoms with Gasteiger partial charge in [-0.25, -0.2) is 8.42 Å². The van der Waals surface area contributed by atoms with Crippen LogP contribution in [0, 0.1) is 6.92 Å². The van der Waals surface area contributed by atoms with Crippen LogP contribution >= 0.6 is 15.9 Å². The van der Waals surface area contributed by atoms with Crippen molar-refractivity contribution in [3.05, 3.63) is 64.4 Å². The highest BCUT2D eigenvalue weighted by Crippen LogP contribution is 2.20. The quantitative estimate of drug-likeness (QED) is 0.561. The van der Waals surface area contributed by atoms with E-state index in [0.29, 0.717) is 37.6 Å². The zero-order valence-electron chi connectivity index (χ0n) is 15.9. The molecule has 0 radical (unpaired) electrons. The fourth-order valence-corrected chi connectivity index (χ4v) is 4.96. The molecule has 0 N–H and O–H groups in total. The summed E-state index contributed by atoms with van der Waals surface area (Å²) >= 11 is 3.34. The molecule has 8 nitrogen and oxygen atoms in total. The Bertz CT molecular complexity index is 1070. The van der Waals surface area contributed by atoms with Crippen LogP contribution in [0.25, 0.3) is 5.69 Å². The summed E-state index contributed by atoms with van der Waals surface area (Å²) in [5, 5.41) is 12.1. The third-order valence-electron chi connectivity index (χ3n) is 4.96. The minimum Gasteiger partial charge on any atom is -0.293 e. The summed E-state index contributed by atoms with van der Waals surface area (Å²) in [6.07, 6.45) is 0. The van der Waals surface area contributed by atoms with Crippen molar-refractivity contribution >= 4 is 26.0 Å². The average Bonchev–Trinajstić information content (AvgIpc) is 3.17. The number of aryl methyl sites for hydroxylation is 1. The molecular weight excluding hydrogens is 456 g/mol. The predicted molar refractivity (Wildman–Crippen MR) is 112 cm³/mol. The molecule has 0 aliphatic carbocycles. The van der Waals surface area contributed by atoms with Crippen molar-refractivity contribution in [2.24, 2.45) is 0 Å². The van der Waals surface area contributed by atoms with Crippen LogP contribution in [0.4, 0.5) is 0 Å². The molecule has 1 aromatic heterocycles. The molecule has 1 aliphatic rings. The molecule has 0 unspecified atom stereocenters. The van der Waals surface area contributed by atoms with Crippen molar-refractivity contribution in [3.8, 4) is 5.69 Å². The molecule has 0 amide bonds. The topological polar surface area (TPSA) is 84.2 Å². The minimum absolute atomic E-state index is 0.317. The van der Waals surface area contributed by atoms with Crippen LogP contribution in [-0.2, 0) is 16.6 Å². The van der Waals surface area contributed by atoms with Crippen LogP contribution in [0.2, 0.25) is 0 Å². The first-order valence-corrected chi connectivity index (χ1v) is 11.5. The van der Waals surface area contributed by atoms with E-state index >= 15 is 0 Å². The van der Waals surface area contributed by atoms with E-state index in [-0.39, 0.29) is 0 Å². The minimum atomic E-state index is -3.48. The van der Waals surface area contributed by atoms with Gasteiger partial charge in [0.2, 0.25) is 10.0 Å². The lowest BCUT2D eigenvalue weighted by Crippen LogP contribution is -2.48. The Morgan fingerprint density at radius 3 is 2.28 bits per heavy atom. The van der Waals surface area contributed by atoms with E-state index in [4.69, 9.17) is 0 Å². The first kappa shape index (κ1) is 20.1. The number of aromatic nitrogens is 4. The SMILES string of the molecule is Cc1ccc(-n2nnnc2CN2CCN(S(=O)(=O)c3ccc(Br)cc3)CC2)cc1. The van der Waals surface area contributed by atoms with Gasteiger partial charge >= 0.3 is 0 Å². The van der Waals surface area contributed by atoms with E-state index in [9.17, 15) is 8.42 Å². The van der Waals surface area contributed by atoms with E-state index in [1.54, 1.807) is 28.9 Å². The number of rotatable bonds is 5. The van der Waals surface area contributed by atoms with Crippen molar-refractivity contribution in [3.63, 3.8) is 0 Å². The van der Waals surface area contributed by atoms with Gasteiger partial charge in [0.1, 0.15) is 0 Å². The largest absolute Gasteiger partial charge is 0.293 e. The highest BCUT2D eigenvalue weighted by molar-refractivity contribution is 9.10. The van der Waals surface area contributed by atoms with Crippen LogP contribution in [-0.4, -0.2) is 64.0 Å². The summed E-state index contributed by atoms with van der Waals surface area (Å²) in [7, 11) is -3.48. The summed E-state index contributed by atoms with van der Waals surface area (Å²) in [6.45, 7) is 4.71. The van der Waals surface area contributed by atoms with Crippen molar-refractivity contribution in [1.82, 2.24) is 29.4 Å². The molecule has 1 saturated heterocycles. The second-order valence-corrected chi connectivity index (χ2v) is 9.83. The van der Waals surface area contributed by atoms with Gasteiger partial charge in [-0.15, -0.1) is 5.10 Å². The Morgan fingerprint density at radius 2 is 1.62 bits per heavy atom. The number of sulfonamides is 1. The fourth-order valence-electron chi connectivity index (χ4n) is 3.27. The first-order valence-electron chi connectivity index (χ1n) is 9.26. The van der Waals surface area contributed by atoms with Gasteiger partial charge in [0, 0.05) is 30.7 Å². The number of halogens is 1. The maximum absolute atomic E-state index is 12.8. The van der Waals surface area contributed by atoms with Gasteiger partial charge in [-0.05, 0) is 53.7 Å². The molecular formula is C19H21BrN6O2S. The molecule has 4 rings (SSSR count). The zero-order chi connectivity index (χ0) is 20.4. The van der Waals surface area contributed by atoms with Crippen molar-refractivity contribution in [2.45, 2.75) is 18.4 Å². The summed E-state index contributed by atoms with van der Waals surface area (Å²) in [5.74, 6) is 0.734. The molecule has 1 aliphatic heterocycles. The van der Waals surface area contributed by atoms with E-state index in [0.717, 1.165) is 16.0 Å². The Labute approximate surface area is 178 Å². The third kappa shape index (κ3) is 4.40. The Morgan fingerprint density at radius 1 is 0.966 bits per heavy atom. The van der Waals surface area contributed by atoms with E-state index in [2.05, 4.69) is 36.4 Å². The second kappa shape index (κ2) is 8.31. The summed E-state index contributed by atoms with van der Waals surface area (Å²) in [4.78, 5) is 2.49. The summed E-state index contributed by atoms with van der Waals surface area (Å²) in [5.41, 5.74) is 2.08. The Balaban J connectivity index is 1.42. The Kier molecular flexibility index (Phi) is 5.77. The lowest BCUT2D eigenvalue weighted by atomic mass is 10.2. The lowest BCUT2D eigenvalue weighted by Gasteiger charge is -2.33. The van der Waals surface area contributed by atoms with Gasteiger partial charge in [0.15, 0.2) is 5.82 Å². The number of hydrogen-bond donors (Lipinski definition) is 0. The van der Waals surface area contributed by atoms with Gasteiger partial charge in [-0.3, -0.25) is 4.90 Å². The summed E-state index contributed by atoms with van der Waals surface area (Å²) < 4.78 is 29.8. The zero-order valence-corrected chi connectivity index (χ0v) is 18.3.